The van der Waals surface area contributed by atoms with Crippen LogP contribution in [-0.2, 0) is 0 Å². The van der Waals surface area contributed by atoms with E-state index in [1.54, 1.807) is 0 Å². The number of halogens is 1. The highest BCUT2D eigenvalue weighted by atomic mass is 35.5. The topological polar surface area (TPSA) is 82.7 Å². The zero-order valence-corrected chi connectivity index (χ0v) is 17.1. The van der Waals surface area contributed by atoms with Gasteiger partial charge in [0.2, 0.25) is 0 Å². The lowest BCUT2D eigenvalue weighted by Gasteiger charge is -2.15. The first-order chi connectivity index (χ1) is 13.1. The van der Waals surface area contributed by atoms with Gasteiger partial charge in [-0.2, -0.15) is 10.4 Å². The second-order valence-corrected chi connectivity index (χ2v) is 7.78. The Morgan fingerprint density at radius 2 is 2.00 bits per heavy atom. The molecule has 148 valence electrons. The predicted molar refractivity (Wildman–Crippen MR) is 111 cm³/mol. The van der Waals surface area contributed by atoms with Crippen molar-refractivity contribution in [2.24, 2.45) is 0 Å². The lowest BCUT2D eigenvalue weighted by atomic mass is 10.0. The first-order valence-electron chi connectivity index (χ1n) is 9.73. The molecule has 1 aliphatic carbocycles. The highest BCUT2D eigenvalue weighted by Crippen LogP contribution is 2.46. The molecule has 1 aliphatic heterocycles. The number of aromatic nitrogens is 2. The van der Waals surface area contributed by atoms with E-state index >= 15 is 0 Å². The molecule has 0 bridgehead atoms. The van der Waals surface area contributed by atoms with Crippen molar-refractivity contribution in [1.82, 2.24) is 20.4 Å². The summed E-state index contributed by atoms with van der Waals surface area (Å²) >= 11 is 0. The van der Waals surface area contributed by atoms with E-state index in [0.29, 0.717) is 17.2 Å². The van der Waals surface area contributed by atoms with Crippen LogP contribution in [0.5, 0.6) is 0 Å². The van der Waals surface area contributed by atoms with Gasteiger partial charge in [-0.05, 0) is 57.7 Å². The molecule has 1 aromatic heterocycles. The Kier molecular flexibility index (Phi) is 6.07. The Balaban J connectivity index is 0.00000225. The summed E-state index contributed by atoms with van der Waals surface area (Å²) in [6.07, 6.45) is 3.15. The number of rotatable bonds is 5. The number of carbonyl (C=O) groups excluding carboxylic acids is 1. The van der Waals surface area contributed by atoms with Gasteiger partial charge in [0.15, 0.2) is 0 Å². The monoisotopic (exact) mass is 399 g/mol. The number of hydrogen-bond acceptors (Lipinski definition) is 4. The summed E-state index contributed by atoms with van der Waals surface area (Å²) in [7, 11) is 0. The fourth-order valence-corrected chi connectivity index (χ4v) is 3.75. The number of carbonyl (C=O) groups is 1. The van der Waals surface area contributed by atoms with Crippen LogP contribution < -0.4 is 10.6 Å². The van der Waals surface area contributed by atoms with Crippen LogP contribution in [0, 0.1) is 11.3 Å². The van der Waals surface area contributed by atoms with Crippen molar-refractivity contribution in [3.8, 4) is 17.3 Å². The minimum Gasteiger partial charge on any atom is -0.347 e. The zero-order valence-electron chi connectivity index (χ0n) is 16.2. The summed E-state index contributed by atoms with van der Waals surface area (Å²) in [6.45, 7) is 5.88. The third-order valence-electron chi connectivity index (χ3n) is 5.32. The lowest BCUT2D eigenvalue weighted by molar-refractivity contribution is 0.0926. The van der Waals surface area contributed by atoms with Crippen LogP contribution in [0.2, 0.25) is 0 Å². The number of benzene rings is 1. The van der Waals surface area contributed by atoms with E-state index in [-0.39, 0.29) is 30.4 Å². The maximum absolute atomic E-state index is 13.2. The Morgan fingerprint density at radius 3 is 2.54 bits per heavy atom. The molecular weight excluding hydrogens is 374 g/mol. The highest BCUT2D eigenvalue weighted by Gasteiger charge is 2.36. The average Bonchev–Trinajstić information content (AvgIpc) is 3.22. The number of nitrogens with zero attached hydrogens (tertiary/aromatic N) is 3. The van der Waals surface area contributed by atoms with Crippen LogP contribution in [0.4, 0.5) is 0 Å². The van der Waals surface area contributed by atoms with Gasteiger partial charge in [-0.1, -0.05) is 12.1 Å². The summed E-state index contributed by atoms with van der Waals surface area (Å²) < 4.78 is 1.87. The molecule has 1 atom stereocenters. The van der Waals surface area contributed by atoms with Crippen molar-refractivity contribution >= 4 is 18.3 Å². The van der Waals surface area contributed by atoms with Crippen molar-refractivity contribution in [3.63, 3.8) is 0 Å². The van der Waals surface area contributed by atoms with E-state index in [0.717, 1.165) is 49.2 Å². The van der Waals surface area contributed by atoms with Crippen LogP contribution in [0.25, 0.3) is 11.3 Å². The second kappa shape index (κ2) is 8.34. The molecule has 1 saturated carbocycles. The van der Waals surface area contributed by atoms with E-state index in [2.05, 4.69) is 30.6 Å². The lowest BCUT2D eigenvalue weighted by Crippen LogP contribution is -2.38. The van der Waals surface area contributed by atoms with Gasteiger partial charge in [0, 0.05) is 29.8 Å². The SMILES string of the molecule is CC(C)n1nc(-c2ccc(C#N)cc2)c(C2CC2)c1C(=O)N[C@@H]1CCNC1.Cl. The molecule has 0 spiro atoms. The number of amides is 1. The van der Waals surface area contributed by atoms with E-state index in [4.69, 9.17) is 10.4 Å². The molecule has 2 aliphatic rings. The van der Waals surface area contributed by atoms with Gasteiger partial charge in [0.1, 0.15) is 5.69 Å². The van der Waals surface area contributed by atoms with Crippen molar-refractivity contribution < 1.29 is 4.79 Å². The van der Waals surface area contributed by atoms with Crippen LogP contribution in [0.3, 0.4) is 0 Å². The quantitative estimate of drug-likeness (QED) is 0.807. The molecule has 2 heterocycles. The van der Waals surface area contributed by atoms with Gasteiger partial charge in [0.05, 0.1) is 17.3 Å². The van der Waals surface area contributed by atoms with Gasteiger partial charge < -0.3 is 10.6 Å². The van der Waals surface area contributed by atoms with Crippen molar-refractivity contribution in [2.75, 3.05) is 13.1 Å². The van der Waals surface area contributed by atoms with Crippen molar-refractivity contribution in [2.45, 2.75) is 51.1 Å². The van der Waals surface area contributed by atoms with Crippen LogP contribution in [0.1, 0.15) is 66.7 Å². The molecule has 0 unspecified atom stereocenters. The first kappa shape index (κ1) is 20.4. The summed E-state index contributed by atoms with van der Waals surface area (Å²) in [5, 5.41) is 20.4. The van der Waals surface area contributed by atoms with E-state index in [1.807, 2.05) is 28.9 Å². The van der Waals surface area contributed by atoms with Crippen molar-refractivity contribution in [3.05, 3.63) is 41.1 Å². The number of nitrogens with one attached hydrogen (secondary N) is 2. The smallest absolute Gasteiger partial charge is 0.270 e. The Morgan fingerprint density at radius 1 is 1.29 bits per heavy atom. The van der Waals surface area contributed by atoms with E-state index < -0.39 is 0 Å². The second-order valence-electron chi connectivity index (χ2n) is 7.78. The Bertz CT molecular complexity index is 887. The fraction of sp³-hybridized carbons (Fsp3) is 0.476. The third-order valence-corrected chi connectivity index (χ3v) is 5.32. The maximum atomic E-state index is 13.2. The fourth-order valence-electron chi connectivity index (χ4n) is 3.75. The van der Waals surface area contributed by atoms with Gasteiger partial charge in [0.25, 0.3) is 5.91 Å². The molecule has 1 aromatic carbocycles. The third kappa shape index (κ3) is 3.91. The Labute approximate surface area is 171 Å². The van der Waals surface area contributed by atoms with Gasteiger partial charge >= 0.3 is 0 Å². The van der Waals surface area contributed by atoms with E-state index in [9.17, 15) is 4.79 Å². The zero-order chi connectivity index (χ0) is 19.0. The van der Waals surface area contributed by atoms with Crippen LogP contribution in [-0.4, -0.2) is 34.8 Å². The van der Waals surface area contributed by atoms with Gasteiger partial charge in [-0.15, -0.1) is 12.4 Å². The normalized spacial score (nSPS) is 18.6. The standard InChI is InChI=1S/C21H25N5O.ClH/c1-13(2)26-20(21(27)24-17-9-10-23-12-17)18(15-7-8-15)19(25-26)16-5-3-14(11-22)4-6-16;/h3-6,13,15,17,23H,7-10,12H2,1-2H3,(H,24,27);1H/t17-;/m1./s1. The number of hydrogen-bond donors (Lipinski definition) is 2. The molecule has 2 N–H and O–H groups in total. The minimum absolute atomic E-state index is 0. The van der Waals surface area contributed by atoms with E-state index in [1.165, 1.54) is 0 Å². The largest absolute Gasteiger partial charge is 0.347 e. The number of nitriles is 1. The predicted octanol–water partition coefficient (Wildman–Crippen LogP) is 3.39. The van der Waals surface area contributed by atoms with Crippen LogP contribution in [0.15, 0.2) is 24.3 Å². The van der Waals surface area contributed by atoms with Gasteiger partial charge in [-0.25, -0.2) is 0 Å². The maximum Gasteiger partial charge on any atom is 0.270 e. The highest BCUT2D eigenvalue weighted by molar-refractivity contribution is 5.96. The molecule has 4 rings (SSSR count). The first-order valence-corrected chi connectivity index (χ1v) is 9.73. The average molecular weight is 400 g/mol. The summed E-state index contributed by atoms with van der Waals surface area (Å²) in [5.41, 5.74) is 4.25. The summed E-state index contributed by atoms with van der Waals surface area (Å²) in [4.78, 5) is 13.2. The summed E-state index contributed by atoms with van der Waals surface area (Å²) in [6, 6.07) is 9.91. The molecular formula is C21H26ClN5O. The molecule has 28 heavy (non-hydrogen) atoms. The molecule has 2 fully saturated rings. The van der Waals surface area contributed by atoms with Crippen LogP contribution >= 0.6 is 12.4 Å². The molecule has 0 radical (unpaired) electrons. The molecule has 7 heteroatoms. The minimum atomic E-state index is -0.0216. The Hall–Kier alpha value is -2.36. The van der Waals surface area contributed by atoms with Gasteiger partial charge in [-0.3, -0.25) is 9.48 Å². The van der Waals surface area contributed by atoms with Crippen molar-refractivity contribution in [1.29, 1.82) is 5.26 Å². The molecule has 1 saturated heterocycles. The molecule has 2 aromatic rings. The summed E-state index contributed by atoms with van der Waals surface area (Å²) in [5.74, 6) is 0.372. The molecule has 6 nitrogen and oxygen atoms in total. The molecule has 1 amide bonds.